The fraction of sp³-hybridized carbons (Fsp3) is 0.250. The summed E-state index contributed by atoms with van der Waals surface area (Å²) in [6, 6.07) is 9.58. The molecular weight excluding hydrogens is 192 g/mol. The minimum atomic E-state index is -0.803. The monoisotopic (exact) mass is 204 g/mol. The lowest BCUT2D eigenvalue weighted by atomic mass is 10.1. The molecule has 0 bridgehead atoms. The summed E-state index contributed by atoms with van der Waals surface area (Å²) in [5, 5.41) is 9.70. The van der Waals surface area contributed by atoms with Crippen LogP contribution in [0.1, 0.15) is 25.0 Å². The number of furan rings is 1. The number of hydrogen-bond donors (Lipinski definition) is 1. The van der Waals surface area contributed by atoms with Gasteiger partial charge in [0, 0.05) is 11.3 Å². The minimum absolute atomic E-state index is 0.0881. The number of para-hydroxylation sites is 1. The summed E-state index contributed by atoms with van der Waals surface area (Å²) in [6.45, 7) is 1.85. The second kappa shape index (κ2) is 3.77. The number of fused-ring (bicyclic) bond motifs is 1. The van der Waals surface area contributed by atoms with Crippen LogP contribution in [0.15, 0.2) is 34.7 Å². The van der Waals surface area contributed by atoms with Gasteiger partial charge in [0.05, 0.1) is 6.42 Å². The van der Waals surface area contributed by atoms with Gasteiger partial charge < -0.3 is 9.52 Å². The smallest absolute Gasteiger partial charge is 0.304 e. The van der Waals surface area contributed by atoms with E-state index in [0.717, 1.165) is 16.7 Å². The van der Waals surface area contributed by atoms with Crippen molar-refractivity contribution in [2.45, 2.75) is 19.3 Å². The Balaban J connectivity index is 2.32. The van der Waals surface area contributed by atoms with Crippen molar-refractivity contribution in [1.82, 2.24) is 0 Å². The Labute approximate surface area is 87.3 Å². The zero-order valence-electron chi connectivity index (χ0n) is 8.43. The molecule has 0 spiro atoms. The Kier molecular flexibility index (Phi) is 2.46. The van der Waals surface area contributed by atoms with Crippen LogP contribution in [0.25, 0.3) is 11.0 Å². The number of carboxylic acid groups (broad SMARTS) is 1. The lowest BCUT2D eigenvalue weighted by Gasteiger charge is -2.02. The number of carbonyl (C=O) groups is 1. The zero-order valence-corrected chi connectivity index (χ0v) is 8.43. The topological polar surface area (TPSA) is 50.4 Å². The second-order valence-corrected chi connectivity index (χ2v) is 3.69. The molecule has 3 nitrogen and oxygen atoms in total. The molecule has 1 N–H and O–H groups in total. The van der Waals surface area contributed by atoms with Gasteiger partial charge in [-0.2, -0.15) is 0 Å². The molecule has 1 heterocycles. The summed E-state index contributed by atoms with van der Waals surface area (Å²) in [5.74, 6) is -0.156. The van der Waals surface area contributed by atoms with Crippen LogP contribution in [-0.2, 0) is 4.79 Å². The molecule has 0 aliphatic rings. The highest BCUT2D eigenvalue weighted by Crippen LogP contribution is 2.26. The van der Waals surface area contributed by atoms with Gasteiger partial charge in [-0.05, 0) is 12.1 Å². The van der Waals surface area contributed by atoms with E-state index in [0.29, 0.717) is 0 Å². The van der Waals surface area contributed by atoms with Gasteiger partial charge in [-0.25, -0.2) is 0 Å². The summed E-state index contributed by atoms with van der Waals surface area (Å²) in [4.78, 5) is 10.6. The molecule has 0 unspecified atom stereocenters. The van der Waals surface area contributed by atoms with Gasteiger partial charge in [0.15, 0.2) is 0 Å². The lowest BCUT2D eigenvalue weighted by molar-refractivity contribution is -0.137. The zero-order chi connectivity index (χ0) is 10.8. The highest BCUT2D eigenvalue weighted by Gasteiger charge is 2.14. The molecular formula is C12H12O3. The number of carboxylic acids is 1. The first-order valence-electron chi connectivity index (χ1n) is 4.87. The number of hydrogen-bond acceptors (Lipinski definition) is 2. The van der Waals surface area contributed by atoms with Crippen LogP contribution in [0.4, 0.5) is 0 Å². The van der Waals surface area contributed by atoms with E-state index in [4.69, 9.17) is 9.52 Å². The molecule has 2 rings (SSSR count). The molecule has 0 saturated heterocycles. The third kappa shape index (κ3) is 2.01. The Morgan fingerprint density at radius 3 is 2.87 bits per heavy atom. The quantitative estimate of drug-likeness (QED) is 0.836. The van der Waals surface area contributed by atoms with Crippen molar-refractivity contribution in [3.63, 3.8) is 0 Å². The van der Waals surface area contributed by atoms with Crippen molar-refractivity contribution in [1.29, 1.82) is 0 Å². The van der Waals surface area contributed by atoms with Crippen LogP contribution in [0.3, 0.4) is 0 Å². The Morgan fingerprint density at radius 2 is 2.20 bits per heavy atom. The van der Waals surface area contributed by atoms with E-state index in [-0.39, 0.29) is 12.3 Å². The third-order valence-corrected chi connectivity index (χ3v) is 2.41. The van der Waals surface area contributed by atoms with E-state index < -0.39 is 5.97 Å². The summed E-state index contributed by atoms with van der Waals surface area (Å²) in [5.41, 5.74) is 0.810. The molecule has 0 amide bonds. The molecule has 0 saturated carbocycles. The SMILES string of the molecule is C[C@H](CC(=O)O)c1cc2ccccc2o1. The lowest BCUT2D eigenvalue weighted by Crippen LogP contribution is -2.01. The standard InChI is InChI=1S/C12H12O3/c1-8(6-12(13)14)11-7-9-4-2-3-5-10(9)15-11/h2-5,7-8H,6H2,1H3,(H,13,14)/t8-/m1/s1. The molecule has 0 fully saturated rings. The van der Waals surface area contributed by atoms with Crippen LogP contribution in [0.5, 0.6) is 0 Å². The Hall–Kier alpha value is -1.77. The van der Waals surface area contributed by atoms with E-state index in [1.807, 2.05) is 37.3 Å². The van der Waals surface area contributed by atoms with Crippen LogP contribution in [0.2, 0.25) is 0 Å². The largest absolute Gasteiger partial charge is 0.481 e. The van der Waals surface area contributed by atoms with Gasteiger partial charge in [-0.15, -0.1) is 0 Å². The maximum Gasteiger partial charge on any atom is 0.304 e. The first-order chi connectivity index (χ1) is 7.16. The van der Waals surface area contributed by atoms with Gasteiger partial charge in [0.1, 0.15) is 11.3 Å². The van der Waals surface area contributed by atoms with Crippen molar-refractivity contribution < 1.29 is 14.3 Å². The van der Waals surface area contributed by atoms with Gasteiger partial charge in [-0.3, -0.25) is 4.79 Å². The van der Waals surface area contributed by atoms with Gasteiger partial charge >= 0.3 is 5.97 Å². The first-order valence-corrected chi connectivity index (χ1v) is 4.87. The number of rotatable bonds is 3. The Morgan fingerprint density at radius 1 is 1.47 bits per heavy atom. The molecule has 0 radical (unpaired) electrons. The summed E-state index contributed by atoms with van der Waals surface area (Å²) in [7, 11) is 0. The molecule has 3 heteroatoms. The minimum Gasteiger partial charge on any atom is -0.481 e. The second-order valence-electron chi connectivity index (χ2n) is 3.69. The maximum atomic E-state index is 10.6. The average molecular weight is 204 g/mol. The average Bonchev–Trinajstić information content (AvgIpc) is 2.59. The van der Waals surface area contributed by atoms with Crippen LogP contribution in [-0.4, -0.2) is 11.1 Å². The van der Waals surface area contributed by atoms with Crippen LogP contribution >= 0.6 is 0 Å². The van der Waals surface area contributed by atoms with E-state index in [9.17, 15) is 4.79 Å². The molecule has 0 aliphatic heterocycles. The summed E-state index contributed by atoms with van der Waals surface area (Å²) in [6.07, 6.45) is 0.0970. The molecule has 1 atom stereocenters. The normalized spacial score (nSPS) is 12.9. The van der Waals surface area contributed by atoms with Crippen molar-refractivity contribution >= 4 is 16.9 Å². The fourth-order valence-electron chi connectivity index (χ4n) is 1.61. The van der Waals surface area contributed by atoms with Gasteiger partial charge in [0.2, 0.25) is 0 Å². The van der Waals surface area contributed by atoms with E-state index >= 15 is 0 Å². The highest BCUT2D eigenvalue weighted by molar-refractivity contribution is 5.78. The molecule has 0 aliphatic carbocycles. The summed E-state index contributed by atoms with van der Waals surface area (Å²) < 4.78 is 5.57. The Bertz CT molecular complexity index is 451. The molecule has 15 heavy (non-hydrogen) atoms. The van der Waals surface area contributed by atoms with Crippen molar-refractivity contribution in [3.05, 3.63) is 36.1 Å². The number of aliphatic carboxylic acids is 1. The van der Waals surface area contributed by atoms with E-state index in [1.165, 1.54) is 0 Å². The van der Waals surface area contributed by atoms with Gasteiger partial charge in [-0.1, -0.05) is 25.1 Å². The molecule has 1 aromatic carbocycles. The summed E-state index contributed by atoms with van der Waals surface area (Å²) >= 11 is 0. The van der Waals surface area contributed by atoms with Crippen LogP contribution in [0, 0.1) is 0 Å². The van der Waals surface area contributed by atoms with Crippen LogP contribution < -0.4 is 0 Å². The van der Waals surface area contributed by atoms with E-state index in [1.54, 1.807) is 0 Å². The first kappa shape index (κ1) is 9.77. The van der Waals surface area contributed by atoms with Gasteiger partial charge in [0.25, 0.3) is 0 Å². The maximum absolute atomic E-state index is 10.6. The predicted octanol–water partition coefficient (Wildman–Crippen LogP) is 3.01. The van der Waals surface area contributed by atoms with Crippen molar-refractivity contribution in [2.24, 2.45) is 0 Å². The van der Waals surface area contributed by atoms with Crippen molar-refractivity contribution in [2.75, 3.05) is 0 Å². The predicted molar refractivity (Wildman–Crippen MR) is 56.9 cm³/mol. The van der Waals surface area contributed by atoms with E-state index in [2.05, 4.69) is 0 Å². The molecule has 78 valence electrons. The number of benzene rings is 1. The molecule has 1 aromatic heterocycles. The highest BCUT2D eigenvalue weighted by atomic mass is 16.4. The molecule has 2 aromatic rings. The third-order valence-electron chi connectivity index (χ3n) is 2.41. The van der Waals surface area contributed by atoms with Crippen molar-refractivity contribution in [3.8, 4) is 0 Å². The fourth-order valence-corrected chi connectivity index (χ4v) is 1.61.